The van der Waals surface area contributed by atoms with Crippen LogP contribution in [0, 0.1) is 16.3 Å². The third-order valence-corrected chi connectivity index (χ3v) is 2.70. The molecule has 0 aliphatic rings. The highest BCUT2D eigenvalue weighted by Crippen LogP contribution is 2.16. The van der Waals surface area contributed by atoms with Gasteiger partial charge < -0.3 is 5.73 Å². The molecule has 0 fully saturated rings. The second-order valence-corrected chi connectivity index (χ2v) is 3.55. The number of benzene rings is 1. The number of rotatable bonds is 1. The van der Waals surface area contributed by atoms with E-state index in [2.05, 4.69) is 22.6 Å². The number of hydrogen-bond acceptors (Lipinski definition) is 1. The van der Waals surface area contributed by atoms with Gasteiger partial charge in [0.15, 0.2) is 0 Å². The second kappa shape index (κ2) is 3.49. The van der Waals surface area contributed by atoms with Crippen LogP contribution in [0.25, 0.3) is 0 Å². The van der Waals surface area contributed by atoms with Crippen LogP contribution in [-0.2, 0) is 6.54 Å². The van der Waals surface area contributed by atoms with E-state index in [1.807, 2.05) is 6.07 Å². The van der Waals surface area contributed by atoms with Gasteiger partial charge in [-0.1, -0.05) is 0 Å². The van der Waals surface area contributed by atoms with E-state index in [4.69, 9.17) is 5.73 Å². The monoisotopic (exact) mass is 265 g/mol. The van der Waals surface area contributed by atoms with E-state index in [0.717, 1.165) is 9.13 Å². The van der Waals surface area contributed by atoms with Crippen molar-refractivity contribution in [2.75, 3.05) is 0 Å². The summed E-state index contributed by atoms with van der Waals surface area (Å²) >= 11 is 2.10. The fourth-order valence-electron chi connectivity index (χ4n) is 0.816. The molecule has 0 radical (unpaired) electrons. The van der Waals surface area contributed by atoms with Gasteiger partial charge in [-0.3, -0.25) is 0 Å². The summed E-state index contributed by atoms with van der Waals surface area (Å²) in [5.74, 6) is -0.169. The molecule has 0 aliphatic heterocycles. The molecule has 60 valence electrons. The Bertz CT molecular complexity index is 250. The first-order valence-electron chi connectivity index (χ1n) is 3.29. The van der Waals surface area contributed by atoms with E-state index in [1.54, 1.807) is 6.92 Å². The standard InChI is InChI=1S/C8H9FIN/c1-5-7(9)2-6(4-11)3-8(5)10/h2-3H,4,11H2,1H3. The van der Waals surface area contributed by atoms with Crippen LogP contribution in [0.5, 0.6) is 0 Å². The van der Waals surface area contributed by atoms with E-state index in [9.17, 15) is 4.39 Å². The largest absolute Gasteiger partial charge is 0.326 e. The van der Waals surface area contributed by atoms with Crippen molar-refractivity contribution in [3.8, 4) is 0 Å². The van der Waals surface area contributed by atoms with Crippen LogP contribution in [0.2, 0.25) is 0 Å². The second-order valence-electron chi connectivity index (χ2n) is 2.39. The van der Waals surface area contributed by atoms with Gasteiger partial charge in [-0.25, -0.2) is 4.39 Å². The van der Waals surface area contributed by atoms with Crippen molar-refractivity contribution < 1.29 is 4.39 Å². The molecule has 3 heteroatoms. The molecule has 0 bridgehead atoms. The lowest BCUT2D eigenvalue weighted by molar-refractivity contribution is 0.614. The van der Waals surface area contributed by atoms with E-state index in [1.165, 1.54) is 6.07 Å². The number of nitrogens with two attached hydrogens (primary N) is 1. The molecule has 0 saturated heterocycles. The van der Waals surface area contributed by atoms with Gasteiger partial charge in [-0.2, -0.15) is 0 Å². The van der Waals surface area contributed by atoms with Crippen LogP contribution >= 0.6 is 22.6 Å². The van der Waals surface area contributed by atoms with Gasteiger partial charge >= 0.3 is 0 Å². The van der Waals surface area contributed by atoms with E-state index in [0.29, 0.717) is 12.1 Å². The number of halogens is 2. The molecule has 1 rings (SSSR count). The Labute approximate surface area is 78.9 Å². The normalized spacial score (nSPS) is 10.2. The van der Waals surface area contributed by atoms with Gasteiger partial charge in [-0.05, 0) is 52.8 Å². The van der Waals surface area contributed by atoms with Gasteiger partial charge in [-0.15, -0.1) is 0 Å². The van der Waals surface area contributed by atoms with E-state index >= 15 is 0 Å². The molecular weight excluding hydrogens is 256 g/mol. The first kappa shape index (κ1) is 8.93. The summed E-state index contributed by atoms with van der Waals surface area (Å²) in [5.41, 5.74) is 6.91. The van der Waals surface area contributed by atoms with Crippen molar-refractivity contribution in [1.29, 1.82) is 0 Å². The van der Waals surface area contributed by atoms with Crippen LogP contribution in [0.1, 0.15) is 11.1 Å². The van der Waals surface area contributed by atoms with E-state index in [-0.39, 0.29) is 5.82 Å². The Hall–Kier alpha value is -0.160. The van der Waals surface area contributed by atoms with E-state index < -0.39 is 0 Å². The minimum Gasteiger partial charge on any atom is -0.326 e. The Morgan fingerprint density at radius 1 is 1.55 bits per heavy atom. The first-order valence-corrected chi connectivity index (χ1v) is 4.37. The maximum Gasteiger partial charge on any atom is 0.127 e. The molecule has 0 spiro atoms. The topological polar surface area (TPSA) is 26.0 Å². The SMILES string of the molecule is Cc1c(F)cc(CN)cc1I. The zero-order valence-electron chi connectivity index (χ0n) is 6.20. The zero-order chi connectivity index (χ0) is 8.43. The molecule has 2 N–H and O–H groups in total. The van der Waals surface area contributed by atoms with Crippen LogP contribution in [-0.4, -0.2) is 0 Å². The molecule has 0 atom stereocenters. The smallest absolute Gasteiger partial charge is 0.127 e. The molecular formula is C8H9FIN. The minimum absolute atomic E-state index is 0.169. The molecule has 0 saturated carbocycles. The summed E-state index contributed by atoms with van der Waals surface area (Å²) in [6.07, 6.45) is 0. The summed E-state index contributed by atoms with van der Waals surface area (Å²) in [6, 6.07) is 3.39. The molecule has 11 heavy (non-hydrogen) atoms. The fraction of sp³-hybridized carbons (Fsp3) is 0.250. The molecule has 0 aromatic heterocycles. The first-order chi connectivity index (χ1) is 5.15. The highest BCUT2D eigenvalue weighted by atomic mass is 127. The highest BCUT2D eigenvalue weighted by molar-refractivity contribution is 14.1. The summed E-state index contributed by atoms with van der Waals surface area (Å²) < 4.78 is 13.9. The third kappa shape index (κ3) is 1.90. The average molecular weight is 265 g/mol. The van der Waals surface area contributed by atoms with Crippen molar-refractivity contribution in [3.63, 3.8) is 0 Å². The third-order valence-electron chi connectivity index (χ3n) is 1.58. The molecule has 0 aliphatic carbocycles. The van der Waals surface area contributed by atoms with Gasteiger partial charge in [0.25, 0.3) is 0 Å². The minimum atomic E-state index is -0.169. The predicted octanol–water partition coefficient (Wildman–Crippen LogP) is 2.20. The predicted molar refractivity (Wildman–Crippen MR) is 51.7 cm³/mol. The molecule has 1 aromatic rings. The fourth-order valence-corrected chi connectivity index (χ4v) is 1.47. The molecule has 0 amide bonds. The van der Waals surface area contributed by atoms with Crippen LogP contribution in [0.4, 0.5) is 4.39 Å². The summed E-state index contributed by atoms with van der Waals surface area (Å²) in [4.78, 5) is 0. The average Bonchev–Trinajstić information content (AvgIpc) is 1.99. The number of hydrogen-bond donors (Lipinski definition) is 1. The Morgan fingerprint density at radius 2 is 2.18 bits per heavy atom. The Kier molecular flexibility index (Phi) is 2.84. The lowest BCUT2D eigenvalue weighted by Crippen LogP contribution is -1.99. The zero-order valence-corrected chi connectivity index (χ0v) is 8.35. The maximum absolute atomic E-state index is 13.0. The Morgan fingerprint density at radius 3 is 2.64 bits per heavy atom. The van der Waals surface area contributed by atoms with Crippen molar-refractivity contribution in [2.24, 2.45) is 5.73 Å². The molecule has 1 nitrogen and oxygen atoms in total. The van der Waals surface area contributed by atoms with Gasteiger partial charge in [0.2, 0.25) is 0 Å². The van der Waals surface area contributed by atoms with Crippen molar-refractivity contribution in [3.05, 3.63) is 32.6 Å². The summed E-state index contributed by atoms with van der Waals surface area (Å²) in [6.45, 7) is 2.16. The molecule has 0 unspecified atom stereocenters. The lowest BCUT2D eigenvalue weighted by Gasteiger charge is -2.02. The maximum atomic E-state index is 13.0. The molecule has 1 aromatic carbocycles. The highest BCUT2D eigenvalue weighted by Gasteiger charge is 2.02. The summed E-state index contributed by atoms with van der Waals surface area (Å²) in [5, 5.41) is 0. The van der Waals surface area contributed by atoms with Crippen molar-refractivity contribution in [1.82, 2.24) is 0 Å². The van der Waals surface area contributed by atoms with Crippen LogP contribution in [0.15, 0.2) is 12.1 Å². The quantitative estimate of drug-likeness (QED) is 0.774. The lowest BCUT2D eigenvalue weighted by atomic mass is 10.1. The van der Waals surface area contributed by atoms with Crippen LogP contribution in [0.3, 0.4) is 0 Å². The summed E-state index contributed by atoms with van der Waals surface area (Å²) in [7, 11) is 0. The Balaban J connectivity index is 3.21. The van der Waals surface area contributed by atoms with Crippen LogP contribution < -0.4 is 5.73 Å². The van der Waals surface area contributed by atoms with Gasteiger partial charge in [0.1, 0.15) is 5.82 Å². The van der Waals surface area contributed by atoms with Crippen molar-refractivity contribution in [2.45, 2.75) is 13.5 Å². The van der Waals surface area contributed by atoms with Crippen molar-refractivity contribution >= 4 is 22.6 Å². The van der Waals surface area contributed by atoms with Gasteiger partial charge in [0, 0.05) is 10.1 Å². The molecule has 0 heterocycles. The van der Waals surface area contributed by atoms with Gasteiger partial charge in [0.05, 0.1) is 0 Å².